The molecule has 1 aromatic rings. The van der Waals surface area contributed by atoms with Crippen molar-refractivity contribution in [1.29, 1.82) is 0 Å². The van der Waals surface area contributed by atoms with Crippen LogP contribution in [0.2, 0.25) is 0 Å². The number of aliphatic hydroxyl groups is 1. The fourth-order valence-electron chi connectivity index (χ4n) is 2.86. The van der Waals surface area contributed by atoms with Gasteiger partial charge in [0.1, 0.15) is 12.1 Å². The van der Waals surface area contributed by atoms with Crippen molar-refractivity contribution in [3.05, 3.63) is 17.6 Å². The molecule has 1 aliphatic rings. The van der Waals surface area contributed by atoms with Crippen LogP contribution in [0.15, 0.2) is 6.33 Å². The summed E-state index contributed by atoms with van der Waals surface area (Å²) in [5.41, 5.74) is 1.47. The Morgan fingerprint density at radius 1 is 1.37 bits per heavy atom. The Bertz CT molecular complexity index is 449. The monoisotopic (exact) mass is 264 g/mol. The van der Waals surface area contributed by atoms with Crippen LogP contribution in [0.4, 0.5) is 5.82 Å². The van der Waals surface area contributed by atoms with E-state index in [4.69, 9.17) is 0 Å². The average molecular weight is 264 g/mol. The van der Waals surface area contributed by atoms with E-state index in [1.807, 2.05) is 32.8 Å². The Labute approximate surface area is 115 Å². The fraction of sp³-hybridized carbons (Fsp3) is 0.714. The van der Waals surface area contributed by atoms with E-state index in [2.05, 4.69) is 14.9 Å². The van der Waals surface area contributed by atoms with Gasteiger partial charge in [-0.25, -0.2) is 9.97 Å². The molecular weight excluding hydrogens is 240 g/mol. The Morgan fingerprint density at radius 3 is 2.79 bits per heavy atom. The van der Waals surface area contributed by atoms with E-state index < -0.39 is 5.60 Å². The molecule has 106 valence electrons. The Hall–Kier alpha value is -1.20. The zero-order valence-electron chi connectivity index (χ0n) is 12.3. The summed E-state index contributed by atoms with van der Waals surface area (Å²) in [5, 5.41) is 10.7. The minimum absolute atomic E-state index is 0.641. The highest BCUT2D eigenvalue weighted by atomic mass is 16.3. The zero-order valence-corrected chi connectivity index (χ0v) is 12.3. The molecule has 1 aromatic heterocycles. The van der Waals surface area contributed by atoms with Gasteiger partial charge in [0.15, 0.2) is 0 Å². The molecule has 0 bridgehead atoms. The summed E-state index contributed by atoms with van der Waals surface area (Å²) >= 11 is 0. The number of piperidine rings is 1. The molecule has 1 N–H and O–H groups in total. The first-order valence-corrected chi connectivity index (χ1v) is 6.81. The molecule has 0 unspecified atom stereocenters. The predicted molar refractivity (Wildman–Crippen MR) is 76.5 cm³/mol. The van der Waals surface area contributed by atoms with E-state index in [-0.39, 0.29) is 0 Å². The molecule has 0 radical (unpaired) electrons. The van der Waals surface area contributed by atoms with Gasteiger partial charge in [0, 0.05) is 30.9 Å². The maximum Gasteiger partial charge on any atom is 0.135 e. The Morgan fingerprint density at radius 2 is 2.11 bits per heavy atom. The van der Waals surface area contributed by atoms with Gasteiger partial charge in [-0.05, 0) is 40.8 Å². The van der Waals surface area contributed by atoms with Crippen LogP contribution in [0.5, 0.6) is 0 Å². The van der Waals surface area contributed by atoms with Gasteiger partial charge >= 0.3 is 0 Å². The zero-order chi connectivity index (χ0) is 14.0. The van der Waals surface area contributed by atoms with Crippen LogP contribution in [-0.2, 0) is 0 Å². The molecule has 19 heavy (non-hydrogen) atoms. The molecule has 0 aromatic carbocycles. The van der Waals surface area contributed by atoms with E-state index in [0.29, 0.717) is 13.1 Å². The first-order chi connectivity index (χ1) is 8.91. The molecule has 5 nitrogen and oxygen atoms in total. The molecule has 0 aliphatic carbocycles. The number of aryl methyl sites for hydroxylation is 1. The first-order valence-electron chi connectivity index (χ1n) is 6.81. The highest BCUT2D eigenvalue weighted by Gasteiger charge is 2.34. The van der Waals surface area contributed by atoms with Gasteiger partial charge in [0.2, 0.25) is 0 Å². The number of nitrogens with zero attached hydrogens (tertiary/aromatic N) is 4. The SMILES string of the molecule is Cc1ncnc(N2CCC[C@@](O)(CN(C)C)C2)c1C. The van der Waals surface area contributed by atoms with E-state index in [9.17, 15) is 5.11 Å². The van der Waals surface area contributed by atoms with Crippen molar-refractivity contribution in [3.63, 3.8) is 0 Å². The summed E-state index contributed by atoms with van der Waals surface area (Å²) in [4.78, 5) is 12.8. The van der Waals surface area contributed by atoms with E-state index in [1.54, 1.807) is 6.33 Å². The standard InChI is InChI=1S/C14H24N4O/c1-11-12(2)15-10-16-13(11)18-7-5-6-14(19,9-18)8-17(3)4/h10,19H,5-9H2,1-4H3/t14-/m1/s1. The molecule has 1 aliphatic heterocycles. The van der Waals surface area contributed by atoms with Gasteiger partial charge in [-0.2, -0.15) is 0 Å². The third-order valence-electron chi connectivity index (χ3n) is 3.77. The summed E-state index contributed by atoms with van der Waals surface area (Å²) in [6, 6.07) is 0. The highest BCUT2D eigenvalue weighted by Crippen LogP contribution is 2.27. The number of hydrogen-bond acceptors (Lipinski definition) is 5. The number of rotatable bonds is 3. The molecule has 2 rings (SSSR count). The van der Waals surface area contributed by atoms with Crippen molar-refractivity contribution >= 4 is 5.82 Å². The number of anilines is 1. The Balaban J connectivity index is 2.19. The quantitative estimate of drug-likeness (QED) is 0.882. The van der Waals surface area contributed by atoms with Crippen molar-refractivity contribution in [2.24, 2.45) is 0 Å². The molecule has 2 heterocycles. The summed E-state index contributed by atoms with van der Waals surface area (Å²) in [6.07, 6.45) is 3.45. The lowest BCUT2D eigenvalue weighted by molar-refractivity contribution is 0.00349. The minimum atomic E-state index is -0.646. The lowest BCUT2D eigenvalue weighted by atomic mass is 9.92. The van der Waals surface area contributed by atoms with Crippen LogP contribution in [0, 0.1) is 13.8 Å². The fourth-order valence-corrected chi connectivity index (χ4v) is 2.86. The van der Waals surface area contributed by atoms with Gasteiger partial charge in [-0.1, -0.05) is 0 Å². The summed E-state index contributed by atoms with van der Waals surface area (Å²) < 4.78 is 0. The average Bonchev–Trinajstić information content (AvgIpc) is 2.31. The number of likely N-dealkylation sites (N-methyl/N-ethyl adjacent to an activating group) is 1. The van der Waals surface area contributed by atoms with E-state index >= 15 is 0 Å². The van der Waals surface area contributed by atoms with Crippen LogP contribution in [-0.4, -0.2) is 59.3 Å². The van der Waals surface area contributed by atoms with Gasteiger partial charge < -0.3 is 14.9 Å². The van der Waals surface area contributed by atoms with E-state index in [0.717, 1.165) is 36.5 Å². The maximum atomic E-state index is 10.7. The number of aromatic nitrogens is 2. The third kappa shape index (κ3) is 3.22. The lowest BCUT2D eigenvalue weighted by Crippen LogP contribution is -2.53. The molecule has 1 saturated heterocycles. The second kappa shape index (κ2) is 5.43. The predicted octanol–water partition coefficient (Wildman–Crippen LogP) is 0.986. The first kappa shape index (κ1) is 14.2. The van der Waals surface area contributed by atoms with Crippen molar-refractivity contribution < 1.29 is 5.11 Å². The normalized spacial score (nSPS) is 24.0. The van der Waals surface area contributed by atoms with Crippen LogP contribution < -0.4 is 4.90 Å². The minimum Gasteiger partial charge on any atom is -0.387 e. The van der Waals surface area contributed by atoms with Crippen LogP contribution in [0.1, 0.15) is 24.1 Å². The van der Waals surface area contributed by atoms with Crippen molar-refractivity contribution in [2.45, 2.75) is 32.3 Å². The number of hydrogen-bond donors (Lipinski definition) is 1. The highest BCUT2D eigenvalue weighted by molar-refractivity contribution is 5.48. The van der Waals surface area contributed by atoms with Crippen molar-refractivity contribution in [2.75, 3.05) is 38.6 Å². The second-order valence-electron chi connectivity index (χ2n) is 5.89. The van der Waals surface area contributed by atoms with Crippen molar-refractivity contribution in [1.82, 2.24) is 14.9 Å². The smallest absolute Gasteiger partial charge is 0.135 e. The second-order valence-corrected chi connectivity index (χ2v) is 5.89. The molecule has 1 fully saturated rings. The third-order valence-corrected chi connectivity index (χ3v) is 3.77. The molecule has 0 amide bonds. The van der Waals surface area contributed by atoms with Crippen LogP contribution in [0.25, 0.3) is 0 Å². The molecule has 0 saturated carbocycles. The summed E-state index contributed by atoms with van der Waals surface area (Å²) in [5.74, 6) is 0.962. The molecular formula is C14H24N4O. The number of β-amino-alcohol motifs (C(OH)–C–C–N with tert-alkyl or cyclic N) is 1. The van der Waals surface area contributed by atoms with Gasteiger partial charge in [-0.15, -0.1) is 0 Å². The largest absolute Gasteiger partial charge is 0.387 e. The summed E-state index contributed by atoms with van der Waals surface area (Å²) in [6.45, 7) is 6.32. The maximum absolute atomic E-state index is 10.7. The van der Waals surface area contributed by atoms with Crippen LogP contribution in [0.3, 0.4) is 0 Å². The topological polar surface area (TPSA) is 52.5 Å². The molecule has 1 atom stereocenters. The van der Waals surface area contributed by atoms with Gasteiger partial charge in [0.25, 0.3) is 0 Å². The van der Waals surface area contributed by atoms with Crippen molar-refractivity contribution in [3.8, 4) is 0 Å². The molecule has 5 heteroatoms. The lowest BCUT2D eigenvalue weighted by Gasteiger charge is -2.41. The Kier molecular flexibility index (Phi) is 4.06. The van der Waals surface area contributed by atoms with Gasteiger partial charge in [-0.3, -0.25) is 0 Å². The van der Waals surface area contributed by atoms with E-state index in [1.165, 1.54) is 0 Å². The van der Waals surface area contributed by atoms with Crippen LogP contribution >= 0.6 is 0 Å². The molecule has 0 spiro atoms. The summed E-state index contributed by atoms with van der Waals surface area (Å²) in [7, 11) is 3.99. The van der Waals surface area contributed by atoms with Gasteiger partial charge in [0.05, 0.1) is 5.60 Å².